The molecule has 0 saturated carbocycles. The van der Waals surface area contributed by atoms with E-state index in [9.17, 15) is 0 Å². The maximum Gasteiger partial charge on any atom is 0.192 e. The summed E-state index contributed by atoms with van der Waals surface area (Å²) >= 11 is 1.65. The van der Waals surface area contributed by atoms with Crippen molar-refractivity contribution in [1.29, 1.82) is 0 Å². The first-order valence-corrected chi connectivity index (χ1v) is 11.4. The van der Waals surface area contributed by atoms with Crippen LogP contribution in [0.5, 0.6) is 0 Å². The second-order valence-corrected chi connectivity index (χ2v) is 8.36. The first-order chi connectivity index (χ1) is 14.3. The van der Waals surface area contributed by atoms with E-state index in [1.54, 1.807) is 11.8 Å². The number of nitrogens with zero attached hydrogens (tertiary/aromatic N) is 8. The van der Waals surface area contributed by atoms with Crippen LogP contribution in [0.25, 0.3) is 0 Å². The van der Waals surface area contributed by atoms with Gasteiger partial charge < -0.3 is 4.57 Å². The molecule has 29 heavy (non-hydrogen) atoms. The van der Waals surface area contributed by atoms with Gasteiger partial charge in [0.05, 0.1) is 18.8 Å². The van der Waals surface area contributed by atoms with Crippen LogP contribution in [0.4, 0.5) is 0 Å². The molecule has 1 aliphatic rings. The summed E-state index contributed by atoms with van der Waals surface area (Å²) in [4.78, 5) is 2.49. The lowest BCUT2D eigenvalue weighted by molar-refractivity contribution is 0.213. The van der Waals surface area contributed by atoms with Crippen molar-refractivity contribution >= 4 is 11.8 Å². The van der Waals surface area contributed by atoms with Gasteiger partial charge in [-0.25, -0.2) is 4.68 Å². The van der Waals surface area contributed by atoms with Crippen molar-refractivity contribution in [3.63, 3.8) is 0 Å². The minimum atomic E-state index is 0.684. The topological polar surface area (TPSA) is 77.5 Å². The van der Waals surface area contributed by atoms with E-state index in [0.717, 1.165) is 55.9 Å². The van der Waals surface area contributed by atoms with Gasteiger partial charge in [0, 0.05) is 6.54 Å². The summed E-state index contributed by atoms with van der Waals surface area (Å²) in [6.07, 6.45) is 4.89. The zero-order valence-electron chi connectivity index (χ0n) is 16.9. The largest absolute Gasteiger partial charge is 0.300 e. The molecule has 3 heterocycles. The van der Waals surface area contributed by atoms with E-state index in [1.165, 1.54) is 24.8 Å². The zero-order chi connectivity index (χ0) is 19.9. The Bertz CT molecular complexity index is 885. The average molecular weight is 413 g/mol. The summed E-state index contributed by atoms with van der Waals surface area (Å²) in [6, 6.07) is 10.5. The summed E-state index contributed by atoms with van der Waals surface area (Å²) in [5, 5.41) is 22.1. The first-order valence-electron chi connectivity index (χ1n) is 10.4. The molecule has 3 aromatic rings. The van der Waals surface area contributed by atoms with Gasteiger partial charge in [-0.15, -0.1) is 15.3 Å². The van der Waals surface area contributed by atoms with Gasteiger partial charge in [0.1, 0.15) is 5.82 Å². The molecule has 154 valence electrons. The number of benzene rings is 1. The van der Waals surface area contributed by atoms with E-state index in [4.69, 9.17) is 0 Å². The molecule has 0 spiro atoms. The third kappa shape index (κ3) is 5.22. The normalized spacial score (nSPS) is 15.1. The fourth-order valence-electron chi connectivity index (χ4n) is 3.63. The summed E-state index contributed by atoms with van der Waals surface area (Å²) < 4.78 is 4.13. The van der Waals surface area contributed by atoms with Crippen molar-refractivity contribution in [3.05, 3.63) is 47.5 Å². The van der Waals surface area contributed by atoms with Crippen molar-refractivity contribution < 1.29 is 0 Å². The highest BCUT2D eigenvalue weighted by Crippen LogP contribution is 2.23. The van der Waals surface area contributed by atoms with Crippen molar-refractivity contribution in [3.8, 4) is 0 Å². The van der Waals surface area contributed by atoms with Crippen LogP contribution in [0.1, 0.15) is 49.8 Å². The SMILES string of the molecule is CCCn1nnnc1CSc1nnc(CN2CCCCC2)n1Cc1ccccc1. The standard InChI is InChI=1S/C20H28N8S/c1-2-11-28-19(22-24-25-28)16-29-20-23-21-18(15-26-12-7-4-8-13-26)27(20)14-17-9-5-3-6-10-17/h3,5-6,9-10H,2,4,7-8,11-16H2,1H3. The molecule has 1 aliphatic heterocycles. The minimum absolute atomic E-state index is 0.684. The zero-order valence-corrected chi connectivity index (χ0v) is 17.8. The molecular weight excluding hydrogens is 384 g/mol. The van der Waals surface area contributed by atoms with Crippen molar-refractivity contribution in [2.24, 2.45) is 0 Å². The van der Waals surface area contributed by atoms with Gasteiger partial charge in [0.25, 0.3) is 0 Å². The number of piperidine rings is 1. The number of aryl methyl sites for hydroxylation is 1. The minimum Gasteiger partial charge on any atom is -0.300 e. The number of likely N-dealkylation sites (tertiary alicyclic amines) is 1. The molecule has 0 amide bonds. The quantitative estimate of drug-likeness (QED) is 0.500. The number of thioether (sulfide) groups is 1. The lowest BCUT2D eigenvalue weighted by atomic mass is 10.1. The van der Waals surface area contributed by atoms with Gasteiger partial charge in [-0.3, -0.25) is 4.90 Å². The average Bonchev–Trinajstić information content (AvgIpc) is 3.35. The van der Waals surface area contributed by atoms with E-state index in [0.29, 0.717) is 5.75 Å². The number of aromatic nitrogens is 7. The predicted octanol–water partition coefficient (Wildman–Crippen LogP) is 3.00. The Morgan fingerprint density at radius 2 is 1.76 bits per heavy atom. The molecule has 9 heteroatoms. The Labute approximate surface area is 175 Å². The predicted molar refractivity (Wildman–Crippen MR) is 112 cm³/mol. The molecule has 0 radical (unpaired) electrons. The highest BCUT2D eigenvalue weighted by atomic mass is 32.2. The number of hydrogen-bond acceptors (Lipinski definition) is 7. The van der Waals surface area contributed by atoms with Crippen LogP contribution in [-0.2, 0) is 25.4 Å². The number of tetrazole rings is 1. The van der Waals surface area contributed by atoms with Crippen LogP contribution in [0.15, 0.2) is 35.5 Å². The molecular formula is C20H28N8S. The lowest BCUT2D eigenvalue weighted by Gasteiger charge is -2.26. The summed E-state index contributed by atoms with van der Waals surface area (Å²) in [7, 11) is 0. The highest BCUT2D eigenvalue weighted by Gasteiger charge is 2.18. The van der Waals surface area contributed by atoms with Gasteiger partial charge in [-0.2, -0.15) is 0 Å². The van der Waals surface area contributed by atoms with E-state index < -0.39 is 0 Å². The van der Waals surface area contributed by atoms with E-state index in [2.05, 4.69) is 66.4 Å². The van der Waals surface area contributed by atoms with Crippen LogP contribution < -0.4 is 0 Å². The van der Waals surface area contributed by atoms with Crippen molar-refractivity contribution in [1.82, 2.24) is 39.9 Å². The molecule has 8 nitrogen and oxygen atoms in total. The lowest BCUT2D eigenvalue weighted by Crippen LogP contribution is -2.30. The van der Waals surface area contributed by atoms with Crippen molar-refractivity contribution in [2.75, 3.05) is 13.1 Å². The van der Waals surface area contributed by atoms with Gasteiger partial charge in [-0.1, -0.05) is 55.4 Å². The number of hydrogen-bond donors (Lipinski definition) is 0. The van der Waals surface area contributed by atoms with Gasteiger partial charge in [0.2, 0.25) is 0 Å². The summed E-state index contributed by atoms with van der Waals surface area (Å²) in [5.41, 5.74) is 1.25. The summed E-state index contributed by atoms with van der Waals surface area (Å²) in [5.74, 6) is 2.60. The second kappa shape index (κ2) is 9.98. The molecule has 1 fully saturated rings. The van der Waals surface area contributed by atoms with Gasteiger partial charge in [-0.05, 0) is 48.3 Å². The Balaban J connectivity index is 1.52. The molecule has 1 aromatic carbocycles. The molecule has 0 atom stereocenters. The second-order valence-electron chi connectivity index (χ2n) is 7.41. The molecule has 0 N–H and O–H groups in total. The number of rotatable bonds is 9. The highest BCUT2D eigenvalue weighted by molar-refractivity contribution is 7.98. The smallest absolute Gasteiger partial charge is 0.192 e. The summed E-state index contributed by atoms with van der Waals surface area (Å²) in [6.45, 7) is 6.88. The fraction of sp³-hybridized carbons (Fsp3) is 0.550. The van der Waals surface area contributed by atoms with Crippen LogP contribution in [0, 0.1) is 0 Å². The third-order valence-electron chi connectivity index (χ3n) is 5.16. The van der Waals surface area contributed by atoms with Gasteiger partial charge >= 0.3 is 0 Å². The van der Waals surface area contributed by atoms with Gasteiger partial charge in [0.15, 0.2) is 11.0 Å². The van der Waals surface area contributed by atoms with E-state index in [-0.39, 0.29) is 0 Å². The Hall–Kier alpha value is -2.26. The fourth-order valence-corrected chi connectivity index (χ4v) is 4.52. The van der Waals surface area contributed by atoms with E-state index >= 15 is 0 Å². The molecule has 0 bridgehead atoms. The van der Waals surface area contributed by atoms with Crippen LogP contribution in [0.2, 0.25) is 0 Å². The Morgan fingerprint density at radius 3 is 2.55 bits per heavy atom. The van der Waals surface area contributed by atoms with E-state index in [1.807, 2.05) is 10.7 Å². The van der Waals surface area contributed by atoms with Crippen LogP contribution in [-0.4, -0.2) is 53.0 Å². The molecule has 0 aliphatic carbocycles. The molecule has 0 unspecified atom stereocenters. The first kappa shape index (κ1) is 20.0. The van der Waals surface area contributed by atoms with Crippen molar-refractivity contribution in [2.45, 2.75) is 63.2 Å². The molecule has 1 saturated heterocycles. The Kier molecular flexibility index (Phi) is 6.89. The van der Waals surface area contributed by atoms with Crippen LogP contribution in [0.3, 0.4) is 0 Å². The molecule has 2 aromatic heterocycles. The van der Waals surface area contributed by atoms with Crippen LogP contribution >= 0.6 is 11.8 Å². The maximum absolute atomic E-state index is 4.56. The third-order valence-corrected chi connectivity index (χ3v) is 6.13. The maximum atomic E-state index is 4.56. The monoisotopic (exact) mass is 412 g/mol. The molecule has 4 rings (SSSR count). The Morgan fingerprint density at radius 1 is 0.931 bits per heavy atom.